The maximum atomic E-state index is 17.8. The molecule has 56 heavy (non-hydrogen) atoms. The minimum absolute atomic E-state index is 0.0203. The molecule has 2 N–H and O–H groups in total. The van der Waals surface area contributed by atoms with Gasteiger partial charge in [-0.2, -0.15) is 0 Å². The molecule has 0 aromatic rings. The van der Waals surface area contributed by atoms with Crippen molar-refractivity contribution in [3.63, 3.8) is 0 Å². The minimum atomic E-state index is -2.29. The fourth-order valence-corrected chi connectivity index (χ4v) is 9.44. The number of carbonyl (C=O) groups is 6. The normalized spacial score (nSPS) is 32.0. The number of hydrogen-bond donors (Lipinski definition) is 2. The van der Waals surface area contributed by atoms with Gasteiger partial charge in [-0.25, -0.2) is 9.18 Å². The highest BCUT2D eigenvalue weighted by atomic mass is 19.1. The number of aliphatic carboxylic acids is 1. The van der Waals surface area contributed by atoms with Crippen LogP contribution in [0.2, 0.25) is 0 Å². The van der Waals surface area contributed by atoms with Gasteiger partial charge < -0.3 is 34.1 Å². The van der Waals surface area contributed by atoms with Gasteiger partial charge in [0.25, 0.3) is 10.2 Å². The summed E-state index contributed by atoms with van der Waals surface area (Å²) < 4.78 is 33.9. The van der Waals surface area contributed by atoms with Crippen molar-refractivity contribution in [2.24, 2.45) is 28.6 Å². The number of fused-ring (bicyclic) bond motifs is 5. The smallest absolute Gasteiger partial charge is 0.345 e. The standard InChI is InChI=1S/C36H47FN2O17/c1-21-16-25-24-11-10-22-17-23(40)12-13-33(22,2)35(24,37)27(41)19-34(25,3)36(21,56-30(44)9-7-15-54-39(50)51)28(42)20-52-31(45)18-26(32(46)47)55-29(43)8-5-4-6-14-53-38(48)49/h10,12-13,21,24-27,41H,4-9,11,14-20H2,1-3H3,(H,46,47)/t21-,24?,25?,26?,27-,33-,34-,35-,36-/m0/s1. The van der Waals surface area contributed by atoms with Crippen LogP contribution in [0.3, 0.4) is 0 Å². The Bertz CT molecular complexity index is 1670. The molecule has 0 heterocycles. The molecule has 4 aliphatic rings. The molecule has 0 saturated heterocycles. The van der Waals surface area contributed by atoms with Gasteiger partial charge in [-0.1, -0.05) is 38.0 Å². The number of halogens is 1. The van der Waals surface area contributed by atoms with E-state index in [1.54, 1.807) is 26.8 Å². The second kappa shape index (κ2) is 17.4. The van der Waals surface area contributed by atoms with Gasteiger partial charge in [0.15, 0.2) is 23.7 Å². The zero-order valence-corrected chi connectivity index (χ0v) is 31.3. The third kappa shape index (κ3) is 8.53. The summed E-state index contributed by atoms with van der Waals surface area (Å²) in [4.78, 5) is 106. The number of ether oxygens (including phenoxy) is 3. The van der Waals surface area contributed by atoms with Crippen LogP contribution in [0.1, 0.15) is 91.4 Å². The van der Waals surface area contributed by atoms with E-state index < -0.39 is 124 Å². The molecule has 0 spiro atoms. The van der Waals surface area contributed by atoms with E-state index in [9.17, 15) is 59.2 Å². The average molecular weight is 799 g/mol. The Morgan fingerprint density at radius 2 is 1.61 bits per heavy atom. The predicted molar refractivity (Wildman–Crippen MR) is 183 cm³/mol. The molecule has 19 nitrogen and oxygen atoms in total. The first-order valence-electron chi connectivity index (χ1n) is 18.4. The van der Waals surface area contributed by atoms with E-state index in [4.69, 9.17) is 14.2 Å². The lowest BCUT2D eigenvalue weighted by atomic mass is 9.45. The van der Waals surface area contributed by atoms with Gasteiger partial charge >= 0.3 is 23.9 Å². The monoisotopic (exact) mass is 798 g/mol. The first kappa shape index (κ1) is 43.7. The lowest BCUT2D eigenvalue weighted by Crippen LogP contribution is -2.69. The van der Waals surface area contributed by atoms with Crippen molar-refractivity contribution in [1.82, 2.24) is 0 Å². The van der Waals surface area contributed by atoms with Crippen molar-refractivity contribution in [2.45, 2.75) is 115 Å². The Morgan fingerprint density at radius 3 is 2.25 bits per heavy atom. The molecule has 4 aliphatic carbocycles. The first-order chi connectivity index (χ1) is 26.2. The van der Waals surface area contributed by atoms with Crippen molar-refractivity contribution in [1.29, 1.82) is 0 Å². The van der Waals surface area contributed by atoms with Gasteiger partial charge in [-0.15, -0.1) is 20.2 Å². The molecular formula is C36H47FN2O17. The van der Waals surface area contributed by atoms with Crippen molar-refractivity contribution >= 4 is 35.4 Å². The molecule has 0 bridgehead atoms. The van der Waals surface area contributed by atoms with Crippen LogP contribution in [-0.4, -0.2) is 99.1 Å². The SMILES string of the molecule is C[C@H]1CC2C3CC=C4CC(=O)C=C[C@]4(C)[C@@]3(F)[C@@H](O)C[C@]2(C)[C@@]1(OC(=O)CCCO[N+](=O)[O-])C(=O)COC(=O)CC(OC(=O)CCCCCO[N+](=O)[O-])C(=O)O. The highest BCUT2D eigenvalue weighted by Crippen LogP contribution is 2.71. The molecule has 4 rings (SSSR count). The largest absolute Gasteiger partial charge is 0.478 e. The number of aliphatic hydroxyl groups is 1. The Hall–Kier alpha value is -5.01. The van der Waals surface area contributed by atoms with Crippen LogP contribution in [0.5, 0.6) is 0 Å². The van der Waals surface area contributed by atoms with Gasteiger partial charge in [0.2, 0.25) is 11.9 Å². The summed E-state index contributed by atoms with van der Waals surface area (Å²) in [7, 11) is 0. The Kier molecular flexibility index (Phi) is 13.6. The maximum Gasteiger partial charge on any atom is 0.345 e. The molecule has 3 unspecified atom stereocenters. The fraction of sp³-hybridized carbons (Fsp3) is 0.722. The lowest BCUT2D eigenvalue weighted by Gasteiger charge is -2.62. The summed E-state index contributed by atoms with van der Waals surface area (Å²) in [6.45, 7) is 3.09. The number of allylic oxidation sites excluding steroid dienone is 4. The molecular weight excluding hydrogens is 751 g/mol. The van der Waals surface area contributed by atoms with E-state index in [1.807, 2.05) is 0 Å². The number of carboxylic acids is 1. The van der Waals surface area contributed by atoms with E-state index in [1.165, 1.54) is 12.2 Å². The van der Waals surface area contributed by atoms with Crippen molar-refractivity contribution < 1.29 is 77.4 Å². The van der Waals surface area contributed by atoms with E-state index in [2.05, 4.69) is 9.68 Å². The summed E-state index contributed by atoms with van der Waals surface area (Å²) in [6.07, 6.45) is -0.510. The highest BCUT2D eigenvalue weighted by Gasteiger charge is 2.77. The molecule has 9 atom stereocenters. The van der Waals surface area contributed by atoms with E-state index >= 15 is 4.39 Å². The molecule has 20 heteroatoms. The number of carboxylic acid groups (broad SMARTS) is 1. The number of Topliss-reactive ketones (excluding diaryl/α,β-unsaturated/α-hetero) is 1. The number of nitrogens with zero attached hydrogens (tertiary/aromatic N) is 2. The summed E-state index contributed by atoms with van der Waals surface area (Å²) >= 11 is 0. The van der Waals surface area contributed by atoms with Crippen LogP contribution < -0.4 is 0 Å². The minimum Gasteiger partial charge on any atom is -0.478 e. The number of unbranched alkanes of at least 4 members (excludes halogenated alkanes) is 2. The molecule has 310 valence electrons. The van der Waals surface area contributed by atoms with Gasteiger partial charge in [-0.3, -0.25) is 24.0 Å². The molecule has 0 aromatic carbocycles. The van der Waals surface area contributed by atoms with Crippen LogP contribution >= 0.6 is 0 Å². The number of carbonyl (C=O) groups excluding carboxylic acids is 5. The summed E-state index contributed by atoms with van der Waals surface area (Å²) in [6, 6.07) is 0. The Morgan fingerprint density at radius 1 is 0.964 bits per heavy atom. The predicted octanol–water partition coefficient (Wildman–Crippen LogP) is 3.14. The van der Waals surface area contributed by atoms with Crippen LogP contribution in [-0.2, 0) is 52.7 Å². The average Bonchev–Trinajstić information content (AvgIpc) is 3.33. The van der Waals surface area contributed by atoms with Crippen LogP contribution in [0, 0.1) is 48.8 Å². The number of rotatable bonds is 20. The summed E-state index contributed by atoms with van der Waals surface area (Å²) in [5.41, 5.74) is -6.71. The van der Waals surface area contributed by atoms with Gasteiger partial charge in [-0.05, 0) is 57.4 Å². The number of ketones is 2. The quantitative estimate of drug-likeness (QED) is 0.0447. The van der Waals surface area contributed by atoms with Crippen molar-refractivity contribution in [3.05, 3.63) is 44.0 Å². The third-order valence-electron chi connectivity index (χ3n) is 12.0. The topological polar surface area (TPSA) is 275 Å². The maximum absolute atomic E-state index is 17.8. The van der Waals surface area contributed by atoms with Crippen LogP contribution in [0.25, 0.3) is 0 Å². The Labute approximate surface area is 320 Å². The molecule has 0 radical (unpaired) electrons. The molecule has 2 fully saturated rings. The second-order valence-electron chi connectivity index (χ2n) is 15.2. The van der Waals surface area contributed by atoms with Crippen LogP contribution in [0.15, 0.2) is 23.8 Å². The molecule has 2 saturated carbocycles. The molecule has 0 amide bonds. The van der Waals surface area contributed by atoms with Crippen molar-refractivity contribution in [3.8, 4) is 0 Å². The Balaban J connectivity index is 1.54. The lowest BCUT2D eigenvalue weighted by molar-refractivity contribution is -0.757. The van der Waals surface area contributed by atoms with Gasteiger partial charge in [0, 0.05) is 41.9 Å². The summed E-state index contributed by atoms with van der Waals surface area (Å²) in [5.74, 6) is -8.51. The highest BCUT2D eigenvalue weighted by molar-refractivity contribution is 5.95. The zero-order valence-electron chi connectivity index (χ0n) is 31.3. The number of aliphatic hydroxyl groups excluding tert-OH is 1. The van der Waals surface area contributed by atoms with Gasteiger partial charge in [0.05, 0.1) is 25.7 Å². The third-order valence-corrected chi connectivity index (χ3v) is 12.0. The molecule has 0 aromatic heterocycles. The first-order valence-corrected chi connectivity index (χ1v) is 18.4. The van der Waals surface area contributed by atoms with Crippen LogP contribution in [0.4, 0.5) is 4.39 Å². The molecule has 0 aliphatic heterocycles. The van der Waals surface area contributed by atoms with E-state index in [0.717, 1.165) is 0 Å². The second-order valence-corrected chi connectivity index (χ2v) is 15.2. The zero-order chi connectivity index (χ0) is 41.6. The number of alkyl halides is 1. The van der Waals surface area contributed by atoms with Crippen molar-refractivity contribution in [2.75, 3.05) is 19.8 Å². The summed E-state index contributed by atoms with van der Waals surface area (Å²) in [5, 5.41) is 40.2. The van der Waals surface area contributed by atoms with E-state index in [-0.39, 0.29) is 57.3 Å². The fourth-order valence-electron chi connectivity index (χ4n) is 9.44. The number of hydrogen-bond acceptors (Lipinski definition) is 16. The van der Waals surface area contributed by atoms with E-state index in [0.29, 0.717) is 12.0 Å². The van der Waals surface area contributed by atoms with Gasteiger partial charge in [0.1, 0.15) is 0 Å². The number of esters is 3.